The number of nitrogens with zero attached hydrogens (tertiary/aromatic N) is 1. The van der Waals surface area contributed by atoms with Crippen LogP contribution in [0.2, 0.25) is 0 Å². The van der Waals surface area contributed by atoms with Gasteiger partial charge in [-0.15, -0.1) is 6.58 Å². The molecule has 0 radical (unpaired) electrons. The van der Waals surface area contributed by atoms with E-state index in [1.165, 1.54) is 0 Å². The van der Waals surface area contributed by atoms with Gasteiger partial charge in [-0.05, 0) is 63.3 Å². The van der Waals surface area contributed by atoms with E-state index < -0.39 is 23.8 Å². The maximum atomic E-state index is 12.9. The quantitative estimate of drug-likeness (QED) is 0.233. The van der Waals surface area contributed by atoms with E-state index in [9.17, 15) is 19.2 Å². The number of nitrogens with one attached hydrogen (secondary N) is 3. The van der Waals surface area contributed by atoms with Gasteiger partial charge < -0.3 is 10.6 Å². The second-order valence-electron chi connectivity index (χ2n) is 9.10. The predicted molar refractivity (Wildman–Crippen MR) is 132 cm³/mol. The number of amides is 4. The van der Waals surface area contributed by atoms with Gasteiger partial charge >= 0.3 is 0 Å². The van der Waals surface area contributed by atoms with Gasteiger partial charge in [-0.1, -0.05) is 26.3 Å². The Labute approximate surface area is 201 Å². The lowest BCUT2D eigenvalue weighted by molar-refractivity contribution is -0.136. The molecule has 2 heterocycles. The van der Waals surface area contributed by atoms with Crippen LogP contribution < -0.4 is 16.0 Å². The van der Waals surface area contributed by atoms with E-state index in [1.807, 2.05) is 6.08 Å². The Bertz CT molecular complexity index is 954. The van der Waals surface area contributed by atoms with Crippen LogP contribution >= 0.6 is 0 Å². The van der Waals surface area contributed by atoms with Crippen molar-refractivity contribution in [3.8, 4) is 0 Å². The van der Waals surface area contributed by atoms with Gasteiger partial charge in [0.05, 0.1) is 11.1 Å². The molecule has 1 unspecified atom stereocenters. The lowest BCUT2D eigenvalue weighted by Crippen LogP contribution is -2.54. The van der Waals surface area contributed by atoms with Crippen molar-refractivity contribution >= 4 is 29.3 Å². The first-order valence-electron chi connectivity index (χ1n) is 12.3. The van der Waals surface area contributed by atoms with Crippen molar-refractivity contribution in [3.63, 3.8) is 0 Å². The number of hydrogen-bond donors (Lipinski definition) is 3. The summed E-state index contributed by atoms with van der Waals surface area (Å²) < 4.78 is 0. The summed E-state index contributed by atoms with van der Waals surface area (Å²) in [4.78, 5) is 50.2. The van der Waals surface area contributed by atoms with Crippen molar-refractivity contribution in [1.82, 2.24) is 15.5 Å². The highest BCUT2D eigenvalue weighted by atomic mass is 16.2. The lowest BCUT2D eigenvalue weighted by atomic mass is 9.89. The van der Waals surface area contributed by atoms with Crippen LogP contribution in [-0.4, -0.2) is 53.2 Å². The highest BCUT2D eigenvalue weighted by Gasteiger charge is 2.44. The molecule has 0 aliphatic carbocycles. The minimum Gasteiger partial charge on any atom is -0.385 e. The van der Waals surface area contributed by atoms with Crippen LogP contribution in [0.15, 0.2) is 30.9 Å². The molecule has 0 aromatic heterocycles. The van der Waals surface area contributed by atoms with Crippen molar-refractivity contribution in [1.29, 1.82) is 0 Å². The molecule has 3 rings (SSSR count). The van der Waals surface area contributed by atoms with Gasteiger partial charge in [0.25, 0.3) is 11.8 Å². The number of fused-ring (bicyclic) bond motifs is 1. The maximum Gasteiger partial charge on any atom is 0.262 e. The molecule has 1 aromatic carbocycles. The Balaban J connectivity index is 1.47. The third-order valence-electron chi connectivity index (χ3n) is 7.01. The molecule has 0 bridgehead atoms. The van der Waals surface area contributed by atoms with E-state index in [1.54, 1.807) is 18.2 Å². The number of imide groups is 2. The zero-order valence-corrected chi connectivity index (χ0v) is 20.2. The SMILES string of the molecule is C=CCC(CC)(CC)NCCCCCNc1ccc2c(c1)C(=O)N(C1CCC(=O)NC1=O)C2=O. The van der Waals surface area contributed by atoms with Crippen molar-refractivity contribution in [2.75, 3.05) is 18.4 Å². The molecule has 34 heavy (non-hydrogen) atoms. The smallest absolute Gasteiger partial charge is 0.262 e. The lowest BCUT2D eigenvalue weighted by Gasteiger charge is -2.32. The van der Waals surface area contributed by atoms with Crippen molar-refractivity contribution in [2.45, 2.75) is 76.8 Å². The Morgan fingerprint density at radius 1 is 1.06 bits per heavy atom. The third-order valence-corrected chi connectivity index (χ3v) is 7.01. The van der Waals surface area contributed by atoms with Crippen LogP contribution in [0.5, 0.6) is 0 Å². The van der Waals surface area contributed by atoms with Gasteiger partial charge in [0.2, 0.25) is 11.8 Å². The predicted octanol–water partition coefficient (Wildman–Crippen LogP) is 3.39. The largest absolute Gasteiger partial charge is 0.385 e. The van der Waals surface area contributed by atoms with E-state index in [0.717, 1.165) is 62.2 Å². The fourth-order valence-corrected chi connectivity index (χ4v) is 4.73. The van der Waals surface area contributed by atoms with E-state index in [-0.39, 0.29) is 24.3 Å². The van der Waals surface area contributed by atoms with E-state index in [2.05, 4.69) is 36.4 Å². The third kappa shape index (κ3) is 5.55. The Kier molecular flexibility index (Phi) is 8.61. The summed E-state index contributed by atoms with van der Waals surface area (Å²) in [7, 11) is 0. The average molecular weight is 469 g/mol. The number of carbonyl (C=O) groups excluding carboxylic acids is 4. The minimum absolute atomic E-state index is 0.109. The molecular formula is C26H36N4O4. The first-order valence-corrected chi connectivity index (χ1v) is 12.3. The Morgan fingerprint density at radius 3 is 2.44 bits per heavy atom. The van der Waals surface area contributed by atoms with Crippen molar-refractivity contribution < 1.29 is 19.2 Å². The molecule has 8 nitrogen and oxygen atoms in total. The summed E-state index contributed by atoms with van der Waals surface area (Å²) in [5.74, 6) is -1.95. The topological polar surface area (TPSA) is 108 Å². The molecule has 3 N–H and O–H groups in total. The number of piperidine rings is 1. The number of hydrogen-bond acceptors (Lipinski definition) is 6. The minimum atomic E-state index is -0.944. The number of anilines is 1. The van der Waals surface area contributed by atoms with E-state index in [4.69, 9.17) is 0 Å². The van der Waals surface area contributed by atoms with Gasteiger partial charge in [-0.25, -0.2) is 0 Å². The van der Waals surface area contributed by atoms with Crippen LogP contribution in [0.4, 0.5) is 5.69 Å². The molecule has 184 valence electrons. The van der Waals surface area contributed by atoms with E-state index in [0.29, 0.717) is 11.1 Å². The highest BCUT2D eigenvalue weighted by Crippen LogP contribution is 2.29. The first kappa shape index (κ1) is 25.6. The summed E-state index contributed by atoms with van der Waals surface area (Å²) in [6.45, 7) is 10.0. The van der Waals surface area contributed by atoms with Crippen LogP contribution in [-0.2, 0) is 9.59 Å². The molecule has 1 saturated heterocycles. The van der Waals surface area contributed by atoms with Crippen LogP contribution in [0.3, 0.4) is 0 Å². The zero-order chi connectivity index (χ0) is 24.7. The summed E-state index contributed by atoms with van der Waals surface area (Å²) in [5, 5.41) is 9.24. The molecule has 1 fully saturated rings. The van der Waals surface area contributed by atoms with Gasteiger partial charge in [0, 0.05) is 24.2 Å². The molecule has 8 heteroatoms. The van der Waals surface area contributed by atoms with Crippen molar-refractivity contribution in [2.24, 2.45) is 0 Å². The molecule has 4 amide bonds. The number of rotatable bonds is 13. The van der Waals surface area contributed by atoms with E-state index >= 15 is 0 Å². The molecule has 1 atom stereocenters. The van der Waals surface area contributed by atoms with Gasteiger partial charge in [0.1, 0.15) is 6.04 Å². The number of benzene rings is 1. The fourth-order valence-electron chi connectivity index (χ4n) is 4.73. The number of carbonyl (C=O) groups is 4. The van der Waals surface area contributed by atoms with Crippen LogP contribution in [0.25, 0.3) is 0 Å². The first-order chi connectivity index (χ1) is 16.4. The standard InChI is InChI=1S/C26H36N4O4/c1-4-14-26(5-2,6-3)28-16-9-7-8-15-27-18-10-11-19-20(17-18)25(34)30(24(19)33)21-12-13-22(31)29-23(21)32/h4,10-11,17,21,27-28H,1,5-9,12-16H2,2-3H3,(H,29,31,32). The van der Waals surface area contributed by atoms with Gasteiger partial charge in [-0.2, -0.15) is 0 Å². The summed E-state index contributed by atoms with van der Waals surface area (Å²) in [6.07, 6.45) is 8.53. The Hall–Kier alpha value is -3.00. The number of unbranched alkanes of at least 4 members (excludes halogenated alkanes) is 2. The normalized spacial score (nSPS) is 18.2. The van der Waals surface area contributed by atoms with Crippen molar-refractivity contribution in [3.05, 3.63) is 42.0 Å². The monoisotopic (exact) mass is 468 g/mol. The van der Waals surface area contributed by atoms with Crippen LogP contribution in [0, 0.1) is 0 Å². The molecule has 0 saturated carbocycles. The maximum absolute atomic E-state index is 12.9. The summed E-state index contributed by atoms with van der Waals surface area (Å²) in [6, 6.07) is 4.14. The average Bonchev–Trinajstić information content (AvgIpc) is 3.07. The summed E-state index contributed by atoms with van der Waals surface area (Å²) >= 11 is 0. The molecular weight excluding hydrogens is 432 g/mol. The zero-order valence-electron chi connectivity index (χ0n) is 20.2. The van der Waals surface area contributed by atoms with Gasteiger partial charge in [0.15, 0.2) is 0 Å². The van der Waals surface area contributed by atoms with Gasteiger partial charge in [-0.3, -0.25) is 29.4 Å². The second-order valence-corrected chi connectivity index (χ2v) is 9.10. The highest BCUT2D eigenvalue weighted by molar-refractivity contribution is 6.23. The summed E-state index contributed by atoms with van der Waals surface area (Å²) in [5.41, 5.74) is 1.50. The molecule has 0 spiro atoms. The molecule has 2 aliphatic heterocycles. The Morgan fingerprint density at radius 2 is 1.76 bits per heavy atom. The molecule has 2 aliphatic rings. The molecule has 1 aromatic rings. The van der Waals surface area contributed by atoms with Crippen LogP contribution in [0.1, 0.15) is 85.9 Å². The fraction of sp³-hybridized carbons (Fsp3) is 0.538. The second kappa shape index (κ2) is 11.4.